The van der Waals surface area contributed by atoms with Crippen molar-refractivity contribution in [2.45, 2.75) is 78.1 Å². The van der Waals surface area contributed by atoms with Gasteiger partial charge in [-0.2, -0.15) is 5.26 Å². The van der Waals surface area contributed by atoms with Crippen molar-refractivity contribution in [3.05, 3.63) is 51.7 Å². The fourth-order valence-electron chi connectivity index (χ4n) is 4.86. The molecule has 0 saturated carbocycles. The van der Waals surface area contributed by atoms with Crippen LogP contribution in [0, 0.1) is 34.3 Å². The van der Waals surface area contributed by atoms with Gasteiger partial charge in [0.25, 0.3) is 0 Å². The number of thiophene rings is 1. The SMILES string of the molecule is CCn1c(SCC(=O)Nc2sc3c(c2C#N)CCC(C(C)(C)CC)C3)nnc1C(C)Oc1ccc(F)cc1F. The molecule has 1 aromatic carbocycles. The van der Waals surface area contributed by atoms with Crippen molar-refractivity contribution >= 4 is 34.0 Å². The van der Waals surface area contributed by atoms with Crippen LogP contribution < -0.4 is 10.1 Å². The highest BCUT2D eigenvalue weighted by Gasteiger charge is 2.34. The van der Waals surface area contributed by atoms with Gasteiger partial charge in [-0.05, 0) is 62.1 Å². The standard InChI is InChI=1S/C28H33F2N5O2S2/c1-6-28(4,5)17-8-10-19-20(14-31)26(39-23(19)12-17)32-24(36)15-38-27-34-33-25(35(27)7-2)16(3)37-22-11-9-18(29)13-21(22)30/h9,11,13,16-17H,6-8,10,12,15H2,1-5H3,(H,32,36). The molecule has 0 spiro atoms. The molecule has 2 atom stereocenters. The Kier molecular flexibility index (Phi) is 8.96. The third kappa shape index (κ3) is 6.28. The zero-order valence-corrected chi connectivity index (χ0v) is 24.4. The predicted molar refractivity (Wildman–Crippen MR) is 149 cm³/mol. The number of ether oxygens (including phenoxy) is 1. The van der Waals surface area contributed by atoms with Crippen LogP contribution in [0.15, 0.2) is 23.4 Å². The van der Waals surface area contributed by atoms with Crippen LogP contribution in [0.3, 0.4) is 0 Å². The zero-order valence-electron chi connectivity index (χ0n) is 22.8. The van der Waals surface area contributed by atoms with Gasteiger partial charge in [-0.25, -0.2) is 8.78 Å². The molecular weight excluding hydrogens is 540 g/mol. The van der Waals surface area contributed by atoms with Crippen LogP contribution in [0.25, 0.3) is 0 Å². The van der Waals surface area contributed by atoms with E-state index in [1.807, 2.05) is 6.92 Å². The lowest BCUT2D eigenvalue weighted by Gasteiger charge is -2.36. The number of nitrogens with one attached hydrogen (secondary N) is 1. The van der Waals surface area contributed by atoms with Gasteiger partial charge in [0.2, 0.25) is 5.91 Å². The van der Waals surface area contributed by atoms with Crippen LogP contribution in [0.2, 0.25) is 0 Å². The molecule has 2 unspecified atom stereocenters. The molecule has 1 aliphatic rings. The van der Waals surface area contributed by atoms with Gasteiger partial charge in [-0.1, -0.05) is 39.0 Å². The molecule has 0 aliphatic heterocycles. The lowest BCUT2D eigenvalue weighted by atomic mass is 9.69. The number of carbonyl (C=O) groups excluding carboxylic acids is 1. The lowest BCUT2D eigenvalue weighted by molar-refractivity contribution is -0.113. The summed E-state index contributed by atoms with van der Waals surface area (Å²) in [6.07, 6.45) is 3.29. The number of hydrogen-bond donors (Lipinski definition) is 1. The van der Waals surface area contributed by atoms with E-state index < -0.39 is 17.7 Å². The molecule has 1 N–H and O–H groups in total. The van der Waals surface area contributed by atoms with Crippen LogP contribution >= 0.6 is 23.1 Å². The van der Waals surface area contributed by atoms with E-state index in [2.05, 4.69) is 42.4 Å². The highest BCUT2D eigenvalue weighted by atomic mass is 32.2. The number of aromatic nitrogens is 3. The summed E-state index contributed by atoms with van der Waals surface area (Å²) in [6.45, 7) is 10.9. The van der Waals surface area contributed by atoms with Crippen LogP contribution in [-0.2, 0) is 24.2 Å². The molecule has 39 heavy (non-hydrogen) atoms. The smallest absolute Gasteiger partial charge is 0.235 e. The van der Waals surface area contributed by atoms with Crippen LogP contribution in [-0.4, -0.2) is 26.4 Å². The van der Waals surface area contributed by atoms with Crippen molar-refractivity contribution in [2.75, 3.05) is 11.1 Å². The van der Waals surface area contributed by atoms with Crippen molar-refractivity contribution in [1.82, 2.24) is 14.8 Å². The van der Waals surface area contributed by atoms with Crippen LogP contribution in [0.1, 0.15) is 75.4 Å². The Balaban J connectivity index is 1.41. The lowest BCUT2D eigenvalue weighted by Crippen LogP contribution is -2.28. The monoisotopic (exact) mass is 573 g/mol. The number of nitriles is 1. The summed E-state index contributed by atoms with van der Waals surface area (Å²) < 4.78 is 34.7. The minimum absolute atomic E-state index is 0.0822. The molecule has 4 rings (SSSR count). The maximum absolute atomic E-state index is 14.0. The molecular formula is C28H33F2N5O2S2. The maximum Gasteiger partial charge on any atom is 0.235 e. The summed E-state index contributed by atoms with van der Waals surface area (Å²) >= 11 is 2.74. The molecule has 2 heterocycles. The number of fused-ring (bicyclic) bond motifs is 1. The highest BCUT2D eigenvalue weighted by Crippen LogP contribution is 2.45. The first kappa shape index (κ1) is 29.0. The molecule has 11 heteroatoms. The van der Waals surface area contributed by atoms with Crippen molar-refractivity contribution < 1.29 is 18.3 Å². The normalized spacial score (nSPS) is 15.9. The fraction of sp³-hybridized carbons (Fsp3) is 0.500. The van der Waals surface area contributed by atoms with E-state index in [0.29, 0.717) is 34.0 Å². The molecule has 7 nitrogen and oxygen atoms in total. The summed E-state index contributed by atoms with van der Waals surface area (Å²) in [6, 6.07) is 5.43. The third-order valence-corrected chi connectivity index (χ3v) is 9.74. The largest absolute Gasteiger partial charge is 0.480 e. The van der Waals surface area contributed by atoms with E-state index in [4.69, 9.17) is 4.74 Å². The Bertz CT molecular complexity index is 1400. The van der Waals surface area contributed by atoms with E-state index in [-0.39, 0.29) is 22.8 Å². The summed E-state index contributed by atoms with van der Waals surface area (Å²) in [5.41, 5.74) is 1.90. The molecule has 0 radical (unpaired) electrons. The quantitative estimate of drug-likeness (QED) is 0.265. The molecule has 0 bridgehead atoms. The van der Waals surface area contributed by atoms with E-state index in [9.17, 15) is 18.8 Å². The minimum atomic E-state index is -0.799. The van der Waals surface area contributed by atoms with Crippen molar-refractivity contribution in [3.8, 4) is 11.8 Å². The summed E-state index contributed by atoms with van der Waals surface area (Å²) in [5, 5.41) is 22.3. The molecule has 1 aliphatic carbocycles. The topological polar surface area (TPSA) is 92.8 Å². The highest BCUT2D eigenvalue weighted by molar-refractivity contribution is 7.99. The predicted octanol–water partition coefficient (Wildman–Crippen LogP) is 6.92. The maximum atomic E-state index is 14.0. The Morgan fingerprint density at radius 2 is 2.13 bits per heavy atom. The van der Waals surface area contributed by atoms with Gasteiger partial charge in [0.15, 0.2) is 28.7 Å². The van der Waals surface area contributed by atoms with Crippen molar-refractivity contribution in [1.29, 1.82) is 5.26 Å². The van der Waals surface area contributed by atoms with Gasteiger partial charge < -0.3 is 14.6 Å². The number of hydrogen-bond acceptors (Lipinski definition) is 7. The molecule has 0 saturated heterocycles. The number of anilines is 1. The second-order valence-corrected chi connectivity index (χ2v) is 12.4. The summed E-state index contributed by atoms with van der Waals surface area (Å²) in [7, 11) is 0. The van der Waals surface area contributed by atoms with Crippen molar-refractivity contribution in [3.63, 3.8) is 0 Å². The van der Waals surface area contributed by atoms with Crippen LogP contribution in [0.5, 0.6) is 5.75 Å². The van der Waals surface area contributed by atoms with Gasteiger partial charge in [-0.15, -0.1) is 21.5 Å². The first-order valence-electron chi connectivity index (χ1n) is 13.1. The molecule has 0 fully saturated rings. The van der Waals surface area contributed by atoms with Gasteiger partial charge in [-0.3, -0.25) is 4.79 Å². The number of carbonyl (C=O) groups is 1. The first-order chi connectivity index (χ1) is 18.6. The Morgan fingerprint density at radius 1 is 1.36 bits per heavy atom. The molecule has 1 amide bonds. The second kappa shape index (κ2) is 12.0. The fourth-order valence-corrected chi connectivity index (χ4v) is 6.96. The number of halogens is 2. The first-order valence-corrected chi connectivity index (χ1v) is 14.9. The Labute approximate surface area is 236 Å². The Hall–Kier alpha value is -2.97. The number of benzene rings is 1. The van der Waals surface area contributed by atoms with Gasteiger partial charge >= 0.3 is 0 Å². The number of thioether (sulfide) groups is 1. The number of rotatable bonds is 10. The van der Waals surface area contributed by atoms with Gasteiger partial charge in [0, 0.05) is 17.5 Å². The number of amides is 1. The van der Waals surface area contributed by atoms with Crippen molar-refractivity contribution in [2.24, 2.45) is 11.3 Å². The zero-order chi connectivity index (χ0) is 28.3. The van der Waals surface area contributed by atoms with E-state index >= 15 is 0 Å². The molecule has 3 aromatic rings. The number of nitrogens with zero attached hydrogens (tertiary/aromatic N) is 4. The minimum Gasteiger partial charge on any atom is -0.480 e. The third-order valence-electron chi connectivity index (χ3n) is 7.60. The van der Waals surface area contributed by atoms with Crippen LogP contribution in [0.4, 0.5) is 13.8 Å². The average Bonchev–Trinajstić information content (AvgIpc) is 3.48. The summed E-state index contributed by atoms with van der Waals surface area (Å²) in [5.74, 6) is -0.696. The second-order valence-electron chi connectivity index (χ2n) is 10.4. The van der Waals surface area contributed by atoms with E-state index in [1.54, 1.807) is 11.5 Å². The van der Waals surface area contributed by atoms with E-state index in [1.165, 1.54) is 34.0 Å². The molecule has 2 aromatic heterocycles. The summed E-state index contributed by atoms with van der Waals surface area (Å²) in [4.78, 5) is 14.1. The van der Waals surface area contributed by atoms with Gasteiger partial charge in [0.05, 0.1) is 11.3 Å². The van der Waals surface area contributed by atoms with Gasteiger partial charge in [0.1, 0.15) is 16.9 Å². The van der Waals surface area contributed by atoms with E-state index in [0.717, 1.165) is 43.4 Å². The Morgan fingerprint density at radius 3 is 2.79 bits per heavy atom. The molecule has 208 valence electrons. The average molecular weight is 574 g/mol.